The Hall–Kier alpha value is -2.07. The number of imide groups is 1. The topological polar surface area (TPSA) is 53.2 Å². The van der Waals surface area contributed by atoms with Gasteiger partial charge in [-0.1, -0.05) is 29.8 Å². The average Bonchev–Trinajstić information content (AvgIpc) is 2.91. The minimum atomic E-state index is -0.424. The fourth-order valence-electron chi connectivity index (χ4n) is 2.50. The fraction of sp³-hybridized carbons (Fsp3) is 0.200. The van der Waals surface area contributed by atoms with Gasteiger partial charge in [-0.05, 0) is 19.9 Å². The van der Waals surface area contributed by atoms with E-state index in [1.807, 2.05) is 24.3 Å². The highest BCUT2D eigenvalue weighted by Gasteiger charge is 2.40. The van der Waals surface area contributed by atoms with Gasteiger partial charge in [0.2, 0.25) is 0 Å². The molecule has 1 aromatic heterocycles. The van der Waals surface area contributed by atoms with Crippen molar-refractivity contribution in [2.45, 2.75) is 19.9 Å². The van der Waals surface area contributed by atoms with Crippen LogP contribution in [0.4, 0.5) is 0 Å². The molecule has 2 aromatic rings. The lowest BCUT2D eigenvalue weighted by molar-refractivity contribution is -0.138. The molecule has 0 unspecified atom stereocenters. The summed E-state index contributed by atoms with van der Waals surface area (Å²) in [6, 6.07) is 7.38. The van der Waals surface area contributed by atoms with Gasteiger partial charge in [-0.3, -0.25) is 14.5 Å². The number of carbonyl (C=O) groups is 2. The van der Waals surface area contributed by atoms with Crippen LogP contribution >= 0.6 is 11.6 Å². The highest BCUT2D eigenvalue weighted by atomic mass is 35.5. The van der Waals surface area contributed by atoms with Crippen molar-refractivity contribution < 1.29 is 9.59 Å². The number of carbonyl (C=O) groups excluding carboxylic acids is 2. The number of hydrogen-bond acceptors (Lipinski definition) is 2. The Morgan fingerprint density at radius 3 is 2.50 bits per heavy atom. The van der Waals surface area contributed by atoms with Gasteiger partial charge >= 0.3 is 0 Å². The summed E-state index contributed by atoms with van der Waals surface area (Å²) in [4.78, 5) is 28.8. The highest BCUT2D eigenvalue weighted by molar-refractivity contribution is 6.55. The molecule has 1 aromatic carbocycles. The van der Waals surface area contributed by atoms with Crippen molar-refractivity contribution in [3.8, 4) is 0 Å². The van der Waals surface area contributed by atoms with Crippen molar-refractivity contribution in [1.82, 2.24) is 9.88 Å². The lowest BCUT2D eigenvalue weighted by atomic mass is 10.1. The zero-order chi connectivity index (χ0) is 14.4. The molecule has 1 aliphatic heterocycles. The third-order valence-electron chi connectivity index (χ3n) is 3.43. The third-order valence-corrected chi connectivity index (χ3v) is 3.78. The monoisotopic (exact) mass is 288 g/mol. The molecule has 2 amide bonds. The first-order valence-electron chi connectivity index (χ1n) is 6.36. The van der Waals surface area contributed by atoms with E-state index in [1.54, 1.807) is 20.0 Å². The van der Waals surface area contributed by atoms with E-state index in [9.17, 15) is 9.59 Å². The van der Waals surface area contributed by atoms with Gasteiger partial charge in [0.15, 0.2) is 0 Å². The summed E-state index contributed by atoms with van der Waals surface area (Å²) >= 11 is 6.11. The van der Waals surface area contributed by atoms with Crippen LogP contribution in [0.2, 0.25) is 0 Å². The minimum absolute atomic E-state index is 0.00606. The molecule has 0 saturated heterocycles. The summed E-state index contributed by atoms with van der Waals surface area (Å²) in [5.74, 6) is -0.758. The fourth-order valence-corrected chi connectivity index (χ4v) is 2.77. The number of nitrogens with zero attached hydrogens (tertiary/aromatic N) is 1. The van der Waals surface area contributed by atoms with E-state index in [0.29, 0.717) is 5.56 Å². The smallest absolute Gasteiger partial charge is 0.273 e. The second-order valence-electron chi connectivity index (χ2n) is 5.01. The van der Waals surface area contributed by atoms with E-state index < -0.39 is 5.91 Å². The number of benzene rings is 1. The molecular weight excluding hydrogens is 276 g/mol. The maximum absolute atomic E-state index is 12.5. The van der Waals surface area contributed by atoms with Crippen LogP contribution < -0.4 is 0 Å². The Labute approximate surface area is 121 Å². The molecule has 0 saturated carbocycles. The van der Waals surface area contributed by atoms with Crippen LogP contribution in [0.1, 0.15) is 19.4 Å². The molecule has 3 rings (SSSR count). The summed E-state index contributed by atoms with van der Waals surface area (Å²) in [7, 11) is 0. The SMILES string of the molecule is CC(C)N1C(=O)C(Cl)=C(c2c[nH]c3ccccc23)C1=O. The molecule has 0 spiro atoms. The van der Waals surface area contributed by atoms with Crippen molar-refractivity contribution in [3.63, 3.8) is 0 Å². The maximum Gasteiger partial charge on any atom is 0.273 e. The van der Waals surface area contributed by atoms with Crippen LogP contribution in [0.3, 0.4) is 0 Å². The molecule has 0 aliphatic carbocycles. The molecule has 0 fully saturated rings. The van der Waals surface area contributed by atoms with Gasteiger partial charge in [0.1, 0.15) is 5.03 Å². The average molecular weight is 289 g/mol. The van der Waals surface area contributed by atoms with Crippen molar-refractivity contribution in [2.24, 2.45) is 0 Å². The molecule has 0 radical (unpaired) electrons. The van der Waals surface area contributed by atoms with Gasteiger partial charge in [-0.2, -0.15) is 0 Å². The lowest BCUT2D eigenvalue weighted by Gasteiger charge is -2.18. The first-order valence-corrected chi connectivity index (χ1v) is 6.74. The molecular formula is C15H13ClN2O2. The van der Waals surface area contributed by atoms with E-state index in [0.717, 1.165) is 10.9 Å². The van der Waals surface area contributed by atoms with Crippen LogP contribution in [0, 0.1) is 0 Å². The zero-order valence-electron chi connectivity index (χ0n) is 11.1. The van der Waals surface area contributed by atoms with E-state index in [2.05, 4.69) is 4.98 Å². The Balaban J connectivity index is 2.19. The van der Waals surface area contributed by atoms with E-state index in [4.69, 9.17) is 11.6 Å². The zero-order valence-corrected chi connectivity index (χ0v) is 11.9. The summed E-state index contributed by atoms with van der Waals surface area (Å²) < 4.78 is 0. The minimum Gasteiger partial charge on any atom is -0.361 e. The van der Waals surface area contributed by atoms with Gasteiger partial charge < -0.3 is 4.98 Å². The number of H-pyrrole nitrogens is 1. The van der Waals surface area contributed by atoms with Crippen molar-refractivity contribution in [3.05, 3.63) is 41.1 Å². The number of amides is 2. The molecule has 0 bridgehead atoms. The van der Waals surface area contributed by atoms with Crippen molar-refractivity contribution >= 4 is 39.9 Å². The van der Waals surface area contributed by atoms with Crippen LogP contribution in [0.5, 0.6) is 0 Å². The first-order chi connectivity index (χ1) is 9.52. The Bertz CT molecular complexity index is 758. The number of aromatic nitrogens is 1. The van der Waals surface area contributed by atoms with Gasteiger partial charge in [-0.15, -0.1) is 0 Å². The van der Waals surface area contributed by atoms with Crippen LogP contribution in [-0.2, 0) is 9.59 Å². The molecule has 4 nitrogen and oxygen atoms in total. The standard InChI is InChI=1S/C15H13ClN2O2/c1-8(2)18-14(19)12(13(16)15(18)20)10-7-17-11-6-4-3-5-9(10)11/h3-8,17H,1-2H3. The Kier molecular flexibility index (Phi) is 2.91. The first kappa shape index (κ1) is 12.9. The van der Waals surface area contributed by atoms with Crippen LogP contribution in [0.25, 0.3) is 16.5 Å². The summed E-state index contributed by atoms with van der Waals surface area (Å²) in [6.45, 7) is 3.58. The van der Waals surface area contributed by atoms with E-state index in [-0.39, 0.29) is 22.6 Å². The highest BCUT2D eigenvalue weighted by Crippen LogP contribution is 2.36. The van der Waals surface area contributed by atoms with Crippen LogP contribution in [0.15, 0.2) is 35.5 Å². The van der Waals surface area contributed by atoms with Crippen LogP contribution in [-0.4, -0.2) is 27.7 Å². The van der Waals surface area contributed by atoms with Gasteiger partial charge in [0.25, 0.3) is 11.8 Å². The largest absolute Gasteiger partial charge is 0.361 e. The lowest BCUT2D eigenvalue weighted by Crippen LogP contribution is -2.37. The van der Waals surface area contributed by atoms with Gasteiger partial charge in [0, 0.05) is 28.7 Å². The number of nitrogens with one attached hydrogen (secondary N) is 1. The van der Waals surface area contributed by atoms with Gasteiger partial charge in [-0.25, -0.2) is 0 Å². The summed E-state index contributed by atoms with van der Waals surface area (Å²) in [5, 5.41) is 0.876. The number of hydrogen-bond donors (Lipinski definition) is 1. The maximum atomic E-state index is 12.5. The predicted molar refractivity (Wildman–Crippen MR) is 78.1 cm³/mol. The number of para-hydroxylation sites is 1. The molecule has 5 heteroatoms. The molecule has 20 heavy (non-hydrogen) atoms. The molecule has 2 heterocycles. The second-order valence-corrected chi connectivity index (χ2v) is 5.39. The Morgan fingerprint density at radius 1 is 1.15 bits per heavy atom. The summed E-state index contributed by atoms with van der Waals surface area (Å²) in [6.07, 6.45) is 1.72. The summed E-state index contributed by atoms with van der Waals surface area (Å²) in [5.41, 5.74) is 1.86. The second kappa shape index (κ2) is 4.49. The normalized spacial score (nSPS) is 16.1. The van der Waals surface area contributed by atoms with E-state index in [1.165, 1.54) is 4.90 Å². The Morgan fingerprint density at radius 2 is 1.85 bits per heavy atom. The number of fused-ring (bicyclic) bond motifs is 1. The molecule has 102 valence electrons. The van der Waals surface area contributed by atoms with Crippen molar-refractivity contribution in [2.75, 3.05) is 0 Å². The quantitative estimate of drug-likeness (QED) is 0.864. The number of halogens is 1. The van der Waals surface area contributed by atoms with Crippen molar-refractivity contribution in [1.29, 1.82) is 0 Å². The van der Waals surface area contributed by atoms with Gasteiger partial charge in [0.05, 0.1) is 5.57 Å². The predicted octanol–water partition coefficient (Wildman–Crippen LogP) is 2.90. The number of aromatic amines is 1. The number of rotatable bonds is 2. The van der Waals surface area contributed by atoms with E-state index >= 15 is 0 Å². The third kappa shape index (κ3) is 1.68. The molecule has 0 atom stereocenters. The molecule has 1 aliphatic rings. The molecule has 1 N–H and O–H groups in total.